The topological polar surface area (TPSA) is 36.4 Å². The van der Waals surface area contributed by atoms with Crippen molar-refractivity contribution >= 4 is 22.9 Å². The van der Waals surface area contributed by atoms with Gasteiger partial charge in [0, 0.05) is 30.1 Å². The third-order valence-corrected chi connectivity index (χ3v) is 5.91. The van der Waals surface area contributed by atoms with Gasteiger partial charge in [-0.05, 0) is 51.4 Å². The fourth-order valence-corrected chi connectivity index (χ4v) is 4.05. The molecule has 128 valence electrons. The molecule has 0 unspecified atom stereocenters. The average molecular weight is 343 g/mol. The number of nitrogens with zero attached hydrogens (tertiary/aromatic N) is 3. The Morgan fingerprint density at radius 1 is 1.29 bits per heavy atom. The summed E-state index contributed by atoms with van der Waals surface area (Å²) in [5, 5.41) is 0. The van der Waals surface area contributed by atoms with E-state index in [4.69, 9.17) is 0 Å². The maximum absolute atomic E-state index is 12.7. The molecule has 0 N–H and O–H groups in total. The van der Waals surface area contributed by atoms with Crippen molar-refractivity contribution in [3.8, 4) is 0 Å². The molecule has 1 aliphatic heterocycles. The highest BCUT2D eigenvalue weighted by Gasteiger charge is 2.27. The summed E-state index contributed by atoms with van der Waals surface area (Å²) in [4.78, 5) is 22.7. The lowest BCUT2D eigenvalue weighted by Crippen LogP contribution is -2.41. The molecule has 1 aromatic carbocycles. The van der Waals surface area contributed by atoms with Crippen LogP contribution in [0.3, 0.4) is 0 Å². The first-order valence-electron chi connectivity index (χ1n) is 8.59. The fraction of sp³-hybridized carbons (Fsp3) is 0.474. The number of amides is 1. The molecular formula is C19H25N3OS. The minimum atomic E-state index is 0.150. The lowest BCUT2D eigenvalue weighted by Gasteiger charge is -2.33. The molecule has 1 fully saturated rings. The lowest BCUT2D eigenvalue weighted by atomic mass is 9.95. The molecule has 1 amide bonds. The van der Waals surface area contributed by atoms with Crippen molar-refractivity contribution < 1.29 is 4.79 Å². The summed E-state index contributed by atoms with van der Waals surface area (Å²) < 4.78 is 0. The normalized spacial score (nSPS) is 16.2. The molecule has 2 aromatic rings. The van der Waals surface area contributed by atoms with Crippen molar-refractivity contribution in [1.29, 1.82) is 0 Å². The zero-order chi connectivity index (χ0) is 16.9. The largest absolute Gasteiger partial charge is 0.315 e. The third-order valence-electron chi connectivity index (χ3n) is 4.91. The van der Waals surface area contributed by atoms with Gasteiger partial charge in [-0.3, -0.25) is 4.79 Å². The fourth-order valence-electron chi connectivity index (χ4n) is 3.28. The van der Waals surface area contributed by atoms with Crippen LogP contribution in [0.4, 0.5) is 5.69 Å². The van der Waals surface area contributed by atoms with E-state index in [1.165, 1.54) is 4.88 Å². The van der Waals surface area contributed by atoms with Crippen LogP contribution in [0.2, 0.25) is 0 Å². The van der Waals surface area contributed by atoms with Gasteiger partial charge in [0.2, 0.25) is 5.91 Å². The standard InChI is InChI=1S/C19H25N3OS/c1-15-18(24-14-20-15)10-13-22-11-8-16(9-12-22)19(23)21(2)17-6-4-3-5-7-17/h3-7,14,16H,8-13H2,1-2H3. The van der Waals surface area contributed by atoms with E-state index in [0.717, 1.165) is 50.3 Å². The molecule has 0 spiro atoms. The van der Waals surface area contributed by atoms with Crippen LogP contribution in [-0.4, -0.2) is 42.5 Å². The molecule has 0 aliphatic carbocycles. The van der Waals surface area contributed by atoms with Gasteiger partial charge < -0.3 is 9.80 Å². The van der Waals surface area contributed by atoms with Crippen LogP contribution in [0.5, 0.6) is 0 Å². The molecule has 0 saturated carbocycles. The summed E-state index contributed by atoms with van der Waals surface area (Å²) in [6.45, 7) is 5.17. The first-order valence-corrected chi connectivity index (χ1v) is 9.47. The summed E-state index contributed by atoms with van der Waals surface area (Å²) in [6.07, 6.45) is 2.98. The number of carbonyl (C=O) groups is 1. The molecule has 5 heteroatoms. The quantitative estimate of drug-likeness (QED) is 0.835. The number of rotatable bonds is 5. The van der Waals surface area contributed by atoms with Crippen molar-refractivity contribution in [3.05, 3.63) is 46.4 Å². The number of thiazole rings is 1. The Bertz CT molecular complexity index is 662. The number of carbonyl (C=O) groups excluding carboxylic acids is 1. The Hall–Kier alpha value is -1.72. The molecule has 0 radical (unpaired) electrons. The van der Waals surface area contributed by atoms with Crippen LogP contribution in [0.1, 0.15) is 23.4 Å². The number of aryl methyl sites for hydroxylation is 1. The van der Waals surface area contributed by atoms with Gasteiger partial charge in [0.25, 0.3) is 0 Å². The molecule has 2 heterocycles. The van der Waals surface area contributed by atoms with Crippen LogP contribution < -0.4 is 4.90 Å². The second-order valence-electron chi connectivity index (χ2n) is 6.46. The van der Waals surface area contributed by atoms with Gasteiger partial charge in [-0.1, -0.05) is 18.2 Å². The predicted molar refractivity (Wildman–Crippen MR) is 99.6 cm³/mol. The highest BCUT2D eigenvalue weighted by Crippen LogP contribution is 2.23. The molecular weight excluding hydrogens is 318 g/mol. The second kappa shape index (κ2) is 7.90. The average Bonchev–Trinajstić information content (AvgIpc) is 3.05. The van der Waals surface area contributed by atoms with Gasteiger partial charge in [-0.2, -0.15) is 0 Å². The van der Waals surface area contributed by atoms with E-state index in [0.29, 0.717) is 0 Å². The SMILES string of the molecule is Cc1ncsc1CCN1CCC(C(=O)N(C)c2ccccc2)CC1. The van der Waals surface area contributed by atoms with Gasteiger partial charge in [-0.15, -0.1) is 11.3 Å². The summed E-state index contributed by atoms with van der Waals surface area (Å²) in [6, 6.07) is 9.91. The number of benzene rings is 1. The van der Waals surface area contributed by atoms with E-state index in [-0.39, 0.29) is 11.8 Å². The number of aromatic nitrogens is 1. The van der Waals surface area contributed by atoms with E-state index in [2.05, 4.69) is 16.8 Å². The minimum Gasteiger partial charge on any atom is -0.315 e. The zero-order valence-electron chi connectivity index (χ0n) is 14.4. The lowest BCUT2D eigenvalue weighted by molar-refractivity contribution is -0.123. The highest BCUT2D eigenvalue weighted by atomic mass is 32.1. The van der Waals surface area contributed by atoms with Gasteiger partial charge in [0.1, 0.15) is 0 Å². The summed E-state index contributed by atoms with van der Waals surface area (Å²) in [7, 11) is 1.89. The smallest absolute Gasteiger partial charge is 0.229 e. The Balaban J connectivity index is 1.48. The molecule has 0 atom stereocenters. The van der Waals surface area contributed by atoms with Crippen molar-refractivity contribution in [3.63, 3.8) is 0 Å². The van der Waals surface area contributed by atoms with Crippen molar-refractivity contribution in [2.24, 2.45) is 5.92 Å². The van der Waals surface area contributed by atoms with Gasteiger partial charge in [0.15, 0.2) is 0 Å². The first-order chi connectivity index (χ1) is 11.6. The molecule has 4 nitrogen and oxygen atoms in total. The van der Waals surface area contributed by atoms with Gasteiger partial charge in [-0.25, -0.2) is 4.98 Å². The van der Waals surface area contributed by atoms with Gasteiger partial charge in [0.05, 0.1) is 11.2 Å². The number of hydrogen-bond acceptors (Lipinski definition) is 4. The van der Waals surface area contributed by atoms with Gasteiger partial charge >= 0.3 is 0 Å². The molecule has 3 rings (SSSR count). The van der Waals surface area contributed by atoms with Crippen LogP contribution >= 0.6 is 11.3 Å². The molecule has 0 bridgehead atoms. The second-order valence-corrected chi connectivity index (χ2v) is 7.40. The van der Waals surface area contributed by atoms with Crippen molar-refractivity contribution in [2.45, 2.75) is 26.2 Å². The number of anilines is 1. The first kappa shape index (κ1) is 17.1. The van der Waals surface area contributed by atoms with Crippen molar-refractivity contribution in [2.75, 3.05) is 31.6 Å². The molecule has 1 aromatic heterocycles. The van der Waals surface area contributed by atoms with E-state index >= 15 is 0 Å². The van der Waals surface area contributed by atoms with Crippen LogP contribution in [0.15, 0.2) is 35.8 Å². The van der Waals surface area contributed by atoms with Crippen molar-refractivity contribution in [1.82, 2.24) is 9.88 Å². The summed E-state index contributed by atoms with van der Waals surface area (Å²) >= 11 is 1.75. The monoisotopic (exact) mass is 343 g/mol. The Kier molecular flexibility index (Phi) is 5.63. The predicted octanol–water partition coefficient (Wildman–Crippen LogP) is 3.37. The zero-order valence-corrected chi connectivity index (χ0v) is 15.3. The Morgan fingerprint density at radius 2 is 2.00 bits per heavy atom. The maximum atomic E-state index is 12.7. The molecule has 1 saturated heterocycles. The summed E-state index contributed by atoms with van der Waals surface area (Å²) in [5.41, 5.74) is 4.06. The highest BCUT2D eigenvalue weighted by molar-refractivity contribution is 7.09. The Morgan fingerprint density at radius 3 is 2.62 bits per heavy atom. The third kappa shape index (κ3) is 4.02. The van der Waals surface area contributed by atoms with E-state index in [1.807, 2.05) is 42.9 Å². The van der Waals surface area contributed by atoms with Crippen LogP contribution in [0.25, 0.3) is 0 Å². The summed E-state index contributed by atoms with van der Waals surface area (Å²) in [5.74, 6) is 0.399. The molecule has 1 aliphatic rings. The van der Waals surface area contributed by atoms with E-state index in [1.54, 1.807) is 16.2 Å². The Labute approximate surface area is 148 Å². The van der Waals surface area contributed by atoms with Crippen LogP contribution in [-0.2, 0) is 11.2 Å². The van der Waals surface area contributed by atoms with Crippen LogP contribution in [0, 0.1) is 12.8 Å². The maximum Gasteiger partial charge on any atom is 0.229 e. The number of piperidine rings is 1. The number of hydrogen-bond donors (Lipinski definition) is 0. The van der Waals surface area contributed by atoms with E-state index < -0.39 is 0 Å². The number of para-hydroxylation sites is 1. The minimum absolute atomic E-state index is 0.150. The number of likely N-dealkylation sites (tertiary alicyclic amines) is 1. The van der Waals surface area contributed by atoms with E-state index in [9.17, 15) is 4.79 Å². The molecule has 24 heavy (non-hydrogen) atoms.